The maximum atomic E-state index is 13.6. The van der Waals surface area contributed by atoms with Crippen molar-refractivity contribution < 1.29 is 14.0 Å². The van der Waals surface area contributed by atoms with Gasteiger partial charge in [0.15, 0.2) is 0 Å². The van der Waals surface area contributed by atoms with Gasteiger partial charge in [0.1, 0.15) is 11.9 Å². The number of pyridine rings is 1. The van der Waals surface area contributed by atoms with E-state index in [-0.39, 0.29) is 30.6 Å². The molecule has 1 heterocycles. The molecule has 0 spiro atoms. The highest BCUT2D eigenvalue weighted by Gasteiger charge is 2.31. The van der Waals surface area contributed by atoms with E-state index in [4.69, 9.17) is 0 Å². The van der Waals surface area contributed by atoms with Crippen molar-refractivity contribution in [2.45, 2.75) is 32.0 Å². The Morgan fingerprint density at radius 1 is 0.806 bits per heavy atom. The summed E-state index contributed by atoms with van der Waals surface area (Å²) in [6.07, 6.45) is 4.16. The Morgan fingerprint density at radius 2 is 1.47 bits per heavy atom. The Balaban J connectivity index is 1.62. The third-order valence-corrected chi connectivity index (χ3v) is 5.92. The van der Waals surface area contributed by atoms with Gasteiger partial charge in [-0.2, -0.15) is 0 Å². The zero-order chi connectivity index (χ0) is 25.2. The van der Waals surface area contributed by atoms with Gasteiger partial charge in [0.05, 0.1) is 0 Å². The van der Waals surface area contributed by atoms with Crippen molar-refractivity contribution in [3.8, 4) is 0 Å². The molecule has 4 aromatic rings. The third kappa shape index (κ3) is 6.85. The lowest BCUT2D eigenvalue weighted by Crippen LogP contribution is -2.43. The molecule has 0 saturated heterocycles. The predicted molar refractivity (Wildman–Crippen MR) is 137 cm³/mol. The van der Waals surface area contributed by atoms with Crippen LogP contribution in [-0.4, -0.2) is 21.7 Å². The summed E-state index contributed by atoms with van der Waals surface area (Å²) in [5.41, 5.74) is 3.35. The van der Waals surface area contributed by atoms with Crippen molar-refractivity contribution in [1.29, 1.82) is 0 Å². The van der Waals surface area contributed by atoms with Crippen molar-refractivity contribution in [2.75, 3.05) is 0 Å². The smallest absolute Gasteiger partial charge is 0.247 e. The predicted octanol–water partition coefficient (Wildman–Crippen LogP) is 5.24. The second-order valence-electron chi connectivity index (χ2n) is 8.53. The molecule has 3 aromatic carbocycles. The fourth-order valence-corrected chi connectivity index (χ4v) is 4.05. The van der Waals surface area contributed by atoms with Gasteiger partial charge in [-0.3, -0.25) is 14.6 Å². The standard InChI is InChI=1S/C30H28FN3O2/c31-27-16-13-24(14-17-27)22-34(28(35)18-15-23-8-3-1-4-9-23)29(26-11-5-2-6-12-26)30(36)33-21-25-10-7-19-32-20-25/h1-14,16-17,19-20,29H,15,18,21-22H2,(H,33,36). The van der Waals surface area contributed by atoms with Crippen LogP contribution in [0.5, 0.6) is 0 Å². The molecule has 1 N–H and O–H groups in total. The Labute approximate surface area is 210 Å². The lowest BCUT2D eigenvalue weighted by Gasteiger charge is -2.32. The molecule has 0 bridgehead atoms. The molecule has 0 aliphatic heterocycles. The van der Waals surface area contributed by atoms with Gasteiger partial charge in [0.2, 0.25) is 11.8 Å². The number of nitrogens with zero attached hydrogens (tertiary/aromatic N) is 2. The number of carbonyl (C=O) groups excluding carboxylic acids is 2. The van der Waals surface area contributed by atoms with E-state index in [1.165, 1.54) is 12.1 Å². The zero-order valence-electron chi connectivity index (χ0n) is 19.9. The molecule has 0 saturated carbocycles. The summed E-state index contributed by atoms with van der Waals surface area (Å²) >= 11 is 0. The van der Waals surface area contributed by atoms with Crippen LogP contribution in [-0.2, 0) is 29.1 Å². The van der Waals surface area contributed by atoms with E-state index in [1.54, 1.807) is 29.4 Å². The molecular formula is C30H28FN3O2. The SMILES string of the molecule is O=C(NCc1cccnc1)C(c1ccccc1)N(Cc1ccc(F)cc1)C(=O)CCc1ccccc1. The molecular weight excluding hydrogens is 453 g/mol. The maximum Gasteiger partial charge on any atom is 0.247 e. The average molecular weight is 482 g/mol. The largest absolute Gasteiger partial charge is 0.350 e. The summed E-state index contributed by atoms with van der Waals surface area (Å²) in [7, 11) is 0. The molecule has 1 unspecified atom stereocenters. The summed E-state index contributed by atoms with van der Waals surface area (Å²) in [5.74, 6) is -0.802. The molecule has 4 rings (SSSR count). The highest BCUT2D eigenvalue weighted by Crippen LogP contribution is 2.25. The Hall–Kier alpha value is -4.32. The van der Waals surface area contributed by atoms with E-state index in [9.17, 15) is 14.0 Å². The lowest BCUT2D eigenvalue weighted by molar-refractivity contribution is -0.141. The first-order chi connectivity index (χ1) is 17.6. The van der Waals surface area contributed by atoms with Gasteiger partial charge in [0.25, 0.3) is 0 Å². The topological polar surface area (TPSA) is 62.3 Å². The van der Waals surface area contributed by atoms with Gasteiger partial charge >= 0.3 is 0 Å². The zero-order valence-corrected chi connectivity index (χ0v) is 19.9. The summed E-state index contributed by atoms with van der Waals surface area (Å²) in [6.45, 7) is 0.465. The first-order valence-corrected chi connectivity index (χ1v) is 11.9. The van der Waals surface area contributed by atoms with E-state index in [1.807, 2.05) is 72.8 Å². The molecule has 6 heteroatoms. The van der Waals surface area contributed by atoms with Gasteiger partial charge in [-0.1, -0.05) is 78.9 Å². The molecule has 2 amide bonds. The number of amides is 2. The van der Waals surface area contributed by atoms with Crippen molar-refractivity contribution in [1.82, 2.24) is 15.2 Å². The van der Waals surface area contributed by atoms with Gasteiger partial charge in [-0.25, -0.2) is 4.39 Å². The maximum absolute atomic E-state index is 13.6. The second-order valence-corrected chi connectivity index (χ2v) is 8.53. The van der Waals surface area contributed by atoms with Crippen molar-refractivity contribution in [3.05, 3.63) is 138 Å². The highest BCUT2D eigenvalue weighted by molar-refractivity contribution is 5.88. The quantitative estimate of drug-likeness (QED) is 0.337. The van der Waals surface area contributed by atoms with Crippen molar-refractivity contribution >= 4 is 11.8 Å². The minimum Gasteiger partial charge on any atom is -0.350 e. The van der Waals surface area contributed by atoms with Gasteiger partial charge in [0, 0.05) is 31.9 Å². The molecule has 0 aliphatic carbocycles. The van der Waals surface area contributed by atoms with Crippen LogP contribution in [0.15, 0.2) is 109 Å². The summed E-state index contributed by atoms with van der Waals surface area (Å²) in [5, 5.41) is 2.97. The van der Waals surface area contributed by atoms with Gasteiger partial charge < -0.3 is 10.2 Å². The van der Waals surface area contributed by atoms with E-state index in [0.29, 0.717) is 18.5 Å². The Bertz CT molecular complexity index is 1250. The number of rotatable bonds is 10. The lowest BCUT2D eigenvalue weighted by atomic mass is 10.0. The summed E-state index contributed by atoms with van der Waals surface area (Å²) in [6, 6.07) is 27.9. The third-order valence-electron chi connectivity index (χ3n) is 5.92. The summed E-state index contributed by atoms with van der Waals surface area (Å²) < 4.78 is 13.6. The van der Waals surface area contributed by atoms with Crippen molar-refractivity contribution in [2.24, 2.45) is 0 Å². The Kier molecular flexibility index (Phi) is 8.54. The van der Waals surface area contributed by atoms with Crippen LogP contribution in [0.4, 0.5) is 4.39 Å². The fraction of sp³-hybridized carbons (Fsp3) is 0.167. The van der Waals surface area contributed by atoms with Crippen LogP contribution in [0.25, 0.3) is 0 Å². The first-order valence-electron chi connectivity index (χ1n) is 11.9. The molecule has 1 aromatic heterocycles. The minimum absolute atomic E-state index is 0.159. The molecule has 5 nitrogen and oxygen atoms in total. The van der Waals surface area contributed by atoms with E-state index >= 15 is 0 Å². The molecule has 1 atom stereocenters. The molecule has 0 radical (unpaired) electrons. The fourth-order valence-electron chi connectivity index (χ4n) is 4.05. The number of hydrogen-bond acceptors (Lipinski definition) is 3. The monoisotopic (exact) mass is 481 g/mol. The number of benzene rings is 3. The van der Waals surface area contributed by atoms with Crippen LogP contribution >= 0.6 is 0 Å². The van der Waals surface area contributed by atoms with Crippen molar-refractivity contribution in [3.63, 3.8) is 0 Å². The van der Waals surface area contributed by atoms with Crippen LogP contribution in [0, 0.1) is 5.82 Å². The number of aryl methyl sites for hydroxylation is 1. The van der Waals surface area contributed by atoms with E-state index in [2.05, 4.69) is 10.3 Å². The number of hydrogen-bond donors (Lipinski definition) is 1. The summed E-state index contributed by atoms with van der Waals surface area (Å²) in [4.78, 5) is 32.9. The van der Waals surface area contributed by atoms with Crippen LogP contribution in [0.2, 0.25) is 0 Å². The number of halogens is 1. The van der Waals surface area contributed by atoms with E-state index < -0.39 is 6.04 Å². The van der Waals surface area contributed by atoms with E-state index in [0.717, 1.165) is 16.7 Å². The van der Waals surface area contributed by atoms with Gasteiger partial charge in [-0.05, 0) is 46.9 Å². The molecule has 0 fully saturated rings. The number of carbonyl (C=O) groups is 2. The van der Waals surface area contributed by atoms with Crippen LogP contribution in [0.1, 0.15) is 34.7 Å². The highest BCUT2D eigenvalue weighted by atomic mass is 19.1. The Morgan fingerprint density at radius 3 is 2.14 bits per heavy atom. The molecule has 36 heavy (non-hydrogen) atoms. The van der Waals surface area contributed by atoms with Crippen LogP contribution < -0.4 is 5.32 Å². The molecule has 182 valence electrons. The second kappa shape index (κ2) is 12.4. The number of nitrogens with one attached hydrogen (secondary N) is 1. The van der Waals surface area contributed by atoms with Gasteiger partial charge in [-0.15, -0.1) is 0 Å². The normalized spacial score (nSPS) is 11.5. The average Bonchev–Trinajstić information content (AvgIpc) is 2.93. The number of aromatic nitrogens is 1. The first kappa shape index (κ1) is 24.8. The van der Waals surface area contributed by atoms with Crippen LogP contribution in [0.3, 0.4) is 0 Å². The minimum atomic E-state index is -0.851. The molecule has 0 aliphatic rings.